The Bertz CT molecular complexity index is 555. The van der Waals surface area contributed by atoms with Gasteiger partial charge >= 0.3 is 0 Å². The first-order valence-electron chi connectivity index (χ1n) is 6.02. The molecule has 2 rings (SSSR count). The van der Waals surface area contributed by atoms with Gasteiger partial charge in [-0.25, -0.2) is 0 Å². The average Bonchev–Trinajstić information content (AvgIpc) is 2.85. The Morgan fingerprint density at radius 3 is 2.89 bits per heavy atom. The Kier molecular flexibility index (Phi) is 4.39. The van der Waals surface area contributed by atoms with Crippen molar-refractivity contribution in [3.8, 4) is 5.75 Å². The van der Waals surface area contributed by atoms with Gasteiger partial charge in [0.05, 0.1) is 6.10 Å². The molecule has 1 atom stereocenters. The van der Waals surface area contributed by atoms with Crippen LogP contribution in [0.3, 0.4) is 0 Å². The highest BCUT2D eigenvalue weighted by Crippen LogP contribution is 2.28. The lowest BCUT2D eigenvalue weighted by Crippen LogP contribution is -2.02. The molecular weight excluding hydrogens is 268 g/mol. The first kappa shape index (κ1) is 13.8. The van der Waals surface area contributed by atoms with Crippen molar-refractivity contribution in [2.45, 2.75) is 33.0 Å². The maximum atomic E-state index is 9.68. The fraction of sp³-hybridized carbons (Fsp3) is 0.385. The van der Waals surface area contributed by atoms with Crippen molar-refractivity contribution in [2.24, 2.45) is 0 Å². The molecule has 2 aromatic rings. The Morgan fingerprint density at radius 1 is 1.47 bits per heavy atom. The number of ether oxygens (including phenoxy) is 1. The van der Waals surface area contributed by atoms with Gasteiger partial charge in [-0.15, -0.1) is 0 Å². The smallest absolute Gasteiger partial charge is 0.226 e. The van der Waals surface area contributed by atoms with Crippen LogP contribution in [0.4, 0.5) is 0 Å². The highest BCUT2D eigenvalue weighted by atomic mass is 35.5. The molecule has 19 heavy (non-hydrogen) atoms. The SMILES string of the molecule is CCc1nc(COc2ccc(Cl)cc2C(C)O)no1. The van der Waals surface area contributed by atoms with Crippen LogP contribution in [0.25, 0.3) is 0 Å². The summed E-state index contributed by atoms with van der Waals surface area (Å²) < 4.78 is 10.6. The number of aryl methyl sites for hydroxylation is 1. The number of aliphatic hydroxyl groups is 1. The van der Waals surface area contributed by atoms with E-state index in [9.17, 15) is 5.11 Å². The standard InChI is InChI=1S/C13H15ClN2O3/c1-3-13-15-12(16-19-13)7-18-11-5-4-9(14)6-10(11)8(2)17/h4-6,8,17H,3,7H2,1-2H3. The zero-order chi connectivity index (χ0) is 13.8. The molecule has 0 fully saturated rings. The Morgan fingerprint density at radius 2 is 2.26 bits per heavy atom. The summed E-state index contributed by atoms with van der Waals surface area (Å²) >= 11 is 5.89. The van der Waals surface area contributed by atoms with Crippen LogP contribution in [0.1, 0.15) is 37.2 Å². The molecule has 0 saturated carbocycles. The second kappa shape index (κ2) is 6.04. The summed E-state index contributed by atoms with van der Waals surface area (Å²) in [5.74, 6) is 1.61. The van der Waals surface area contributed by atoms with E-state index >= 15 is 0 Å². The van der Waals surface area contributed by atoms with Crippen molar-refractivity contribution < 1.29 is 14.4 Å². The third-order valence-electron chi connectivity index (χ3n) is 2.59. The number of benzene rings is 1. The maximum absolute atomic E-state index is 9.68. The fourth-order valence-electron chi connectivity index (χ4n) is 1.61. The van der Waals surface area contributed by atoms with Crippen molar-refractivity contribution in [2.75, 3.05) is 0 Å². The zero-order valence-electron chi connectivity index (χ0n) is 10.8. The van der Waals surface area contributed by atoms with Crippen molar-refractivity contribution >= 4 is 11.6 Å². The first-order chi connectivity index (χ1) is 9.10. The Balaban J connectivity index is 2.10. The lowest BCUT2D eigenvalue weighted by Gasteiger charge is -2.12. The summed E-state index contributed by atoms with van der Waals surface area (Å²) in [6.07, 6.45) is 0.0255. The lowest BCUT2D eigenvalue weighted by atomic mass is 10.1. The molecule has 1 N–H and O–H groups in total. The largest absolute Gasteiger partial charge is 0.485 e. The van der Waals surface area contributed by atoms with E-state index in [1.807, 2.05) is 6.92 Å². The van der Waals surface area contributed by atoms with E-state index in [4.69, 9.17) is 20.9 Å². The number of halogens is 1. The van der Waals surface area contributed by atoms with Gasteiger partial charge in [0.15, 0.2) is 6.61 Å². The van der Waals surface area contributed by atoms with Gasteiger partial charge in [-0.2, -0.15) is 4.98 Å². The van der Waals surface area contributed by atoms with Crippen LogP contribution in [0.5, 0.6) is 5.75 Å². The molecular formula is C13H15ClN2O3. The zero-order valence-corrected chi connectivity index (χ0v) is 11.5. The Hall–Kier alpha value is -1.59. The molecule has 0 spiro atoms. The predicted molar refractivity (Wildman–Crippen MR) is 70.1 cm³/mol. The number of nitrogens with zero attached hydrogens (tertiary/aromatic N) is 2. The first-order valence-corrected chi connectivity index (χ1v) is 6.39. The van der Waals surface area contributed by atoms with Crippen molar-refractivity contribution in [3.05, 3.63) is 40.5 Å². The topological polar surface area (TPSA) is 68.4 Å². The van der Waals surface area contributed by atoms with Gasteiger partial charge in [-0.05, 0) is 25.1 Å². The summed E-state index contributed by atoms with van der Waals surface area (Å²) in [5, 5.41) is 14.0. The second-order valence-corrected chi connectivity index (χ2v) is 4.54. The van der Waals surface area contributed by atoms with Gasteiger partial charge in [-0.1, -0.05) is 23.7 Å². The van der Waals surface area contributed by atoms with Crippen molar-refractivity contribution in [3.63, 3.8) is 0 Å². The normalized spacial score (nSPS) is 12.4. The van der Waals surface area contributed by atoms with Crippen LogP contribution in [0.15, 0.2) is 22.7 Å². The summed E-state index contributed by atoms with van der Waals surface area (Å²) in [5.41, 5.74) is 0.631. The number of rotatable bonds is 5. The molecule has 0 amide bonds. The molecule has 1 unspecified atom stereocenters. The highest BCUT2D eigenvalue weighted by molar-refractivity contribution is 6.30. The molecule has 102 valence electrons. The summed E-state index contributed by atoms with van der Waals surface area (Å²) in [4.78, 5) is 4.14. The molecule has 0 aliphatic rings. The highest BCUT2D eigenvalue weighted by Gasteiger charge is 2.12. The van der Waals surface area contributed by atoms with Gasteiger partial charge in [0.25, 0.3) is 0 Å². The average molecular weight is 283 g/mol. The minimum absolute atomic E-state index is 0.185. The molecule has 1 aromatic heterocycles. The van der Waals surface area contributed by atoms with E-state index in [1.54, 1.807) is 25.1 Å². The van der Waals surface area contributed by atoms with Crippen LogP contribution in [0, 0.1) is 0 Å². The molecule has 0 aliphatic carbocycles. The molecule has 1 heterocycles. The van der Waals surface area contributed by atoms with E-state index in [0.717, 1.165) is 0 Å². The summed E-state index contributed by atoms with van der Waals surface area (Å²) in [7, 11) is 0. The van der Waals surface area contributed by atoms with Crippen LogP contribution in [-0.2, 0) is 13.0 Å². The number of hydrogen-bond donors (Lipinski definition) is 1. The minimum atomic E-state index is -0.662. The van der Waals surface area contributed by atoms with Crippen LogP contribution in [-0.4, -0.2) is 15.2 Å². The molecule has 5 nitrogen and oxygen atoms in total. The predicted octanol–water partition coefficient (Wildman–Crippen LogP) is 2.92. The number of hydrogen-bond acceptors (Lipinski definition) is 5. The monoisotopic (exact) mass is 282 g/mol. The van der Waals surface area contributed by atoms with Crippen molar-refractivity contribution in [1.29, 1.82) is 0 Å². The van der Waals surface area contributed by atoms with E-state index in [-0.39, 0.29) is 6.61 Å². The van der Waals surface area contributed by atoms with Gasteiger partial charge in [0, 0.05) is 17.0 Å². The van der Waals surface area contributed by atoms with E-state index < -0.39 is 6.10 Å². The van der Waals surface area contributed by atoms with Crippen molar-refractivity contribution in [1.82, 2.24) is 10.1 Å². The van der Waals surface area contributed by atoms with Crippen LogP contribution < -0.4 is 4.74 Å². The van der Waals surface area contributed by atoms with Gasteiger partial charge in [0.2, 0.25) is 11.7 Å². The summed E-state index contributed by atoms with van der Waals surface area (Å²) in [6, 6.07) is 5.09. The Labute approximate surface area is 116 Å². The minimum Gasteiger partial charge on any atom is -0.485 e. The van der Waals surface area contributed by atoms with Crippen LogP contribution in [0.2, 0.25) is 5.02 Å². The van der Waals surface area contributed by atoms with Gasteiger partial charge in [-0.3, -0.25) is 0 Å². The van der Waals surface area contributed by atoms with Crippen LogP contribution >= 0.6 is 11.6 Å². The van der Waals surface area contributed by atoms with Gasteiger partial charge < -0.3 is 14.4 Å². The molecule has 0 saturated heterocycles. The van der Waals surface area contributed by atoms with Gasteiger partial charge in [0.1, 0.15) is 5.75 Å². The molecule has 6 heteroatoms. The van der Waals surface area contributed by atoms with E-state index in [2.05, 4.69) is 10.1 Å². The molecule has 0 bridgehead atoms. The summed E-state index contributed by atoms with van der Waals surface area (Å²) in [6.45, 7) is 3.77. The second-order valence-electron chi connectivity index (χ2n) is 4.10. The quantitative estimate of drug-likeness (QED) is 0.913. The number of aromatic nitrogens is 2. The van der Waals surface area contributed by atoms with E-state index in [0.29, 0.717) is 34.5 Å². The molecule has 0 aliphatic heterocycles. The third kappa shape index (κ3) is 3.45. The third-order valence-corrected chi connectivity index (χ3v) is 2.83. The molecule has 1 aromatic carbocycles. The fourth-order valence-corrected chi connectivity index (χ4v) is 1.79. The van der Waals surface area contributed by atoms with E-state index in [1.165, 1.54) is 0 Å². The molecule has 0 radical (unpaired) electrons. The number of aliphatic hydroxyl groups excluding tert-OH is 1. The maximum Gasteiger partial charge on any atom is 0.226 e. The lowest BCUT2D eigenvalue weighted by molar-refractivity contribution is 0.189.